The first-order valence-electron chi connectivity index (χ1n) is 7.49. The Bertz CT molecular complexity index is 492. The van der Waals surface area contributed by atoms with Crippen molar-refractivity contribution in [3.63, 3.8) is 0 Å². The zero-order valence-electron chi connectivity index (χ0n) is 12.2. The van der Waals surface area contributed by atoms with Crippen LogP contribution in [0.2, 0.25) is 25.2 Å². The maximum Gasteiger partial charge on any atom is 0.233 e. The van der Waals surface area contributed by atoms with Crippen molar-refractivity contribution in [1.29, 1.82) is 0 Å². The van der Waals surface area contributed by atoms with Gasteiger partial charge < -0.3 is 4.74 Å². The van der Waals surface area contributed by atoms with Crippen molar-refractivity contribution in [3.8, 4) is 0 Å². The lowest BCUT2D eigenvalue weighted by molar-refractivity contribution is -0.140. The normalized spacial score (nSPS) is 48.5. The Morgan fingerprint density at radius 1 is 1.15 bits per heavy atom. The molecule has 0 aromatic carbocycles. The highest BCUT2D eigenvalue weighted by atomic mass is 28.3. The van der Waals surface area contributed by atoms with Crippen LogP contribution in [0.25, 0.3) is 0 Å². The van der Waals surface area contributed by atoms with Gasteiger partial charge in [0.05, 0.1) is 24.0 Å². The van der Waals surface area contributed by atoms with Gasteiger partial charge in [-0.2, -0.15) is 0 Å². The molecule has 0 radical (unpaired) electrons. The minimum atomic E-state index is -1.39. The maximum atomic E-state index is 12.6. The Balaban J connectivity index is 1.74. The number of epoxide rings is 1. The fourth-order valence-electron chi connectivity index (χ4n) is 5.32. The number of rotatable bonds is 3. The zero-order chi connectivity index (χ0) is 14.4. The van der Waals surface area contributed by atoms with Crippen molar-refractivity contribution >= 4 is 19.9 Å². The molecule has 0 N–H and O–H groups in total. The van der Waals surface area contributed by atoms with Gasteiger partial charge in [0, 0.05) is 26.5 Å². The third-order valence-electron chi connectivity index (χ3n) is 5.78. The van der Waals surface area contributed by atoms with Crippen molar-refractivity contribution in [2.75, 3.05) is 6.54 Å². The molecule has 6 atom stereocenters. The molecule has 2 aliphatic heterocycles. The van der Waals surface area contributed by atoms with Crippen molar-refractivity contribution in [2.24, 2.45) is 23.7 Å². The molecule has 2 bridgehead atoms. The van der Waals surface area contributed by atoms with Crippen LogP contribution in [-0.4, -0.2) is 43.5 Å². The Morgan fingerprint density at radius 3 is 2.05 bits per heavy atom. The molecule has 4 aliphatic rings. The van der Waals surface area contributed by atoms with E-state index in [0.29, 0.717) is 23.9 Å². The Labute approximate surface area is 120 Å². The third-order valence-corrected chi connectivity index (χ3v) is 8.55. The molecule has 4 nitrogen and oxygen atoms in total. The van der Waals surface area contributed by atoms with Crippen LogP contribution in [0, 0.1) is 23.7 Å². The molecule has 2 heterocycles. The van der Waals surface area contributed by atoms with E-state index in [0.717, 1.165) is 0 Å². The van der Waals surface area contributed by atoms with Gasteiger partial charge in [0.15, 0.2) is 0 Å². The molecule has 5 heteroatoms. The zero-order valence-corrected chi connectivity index (χ0v) is 13.2. The largest absolute Gasteiger partial charge is 0.369 e. The number of likely N-dealkylation sites (tertiary alicyclic amines) is 1. The van der Waals surface area contributed by atoms with E-state index in [1.54, 1.807) is 6.08 Å². The van der Waals surface area contributed by atoms with Gasteiger partial charge in [-0.15, -0.1) is 6.58 Å². The lowest BCUT2D eigenvalue weighted by Crippen LogP contribution is -2.40. The summed E-state index contributed by atoms with van der Waals surface area (Å²) in [6.45, 7) is 11.1. The predicted molar refractivity (Wildman–Crippen MR) is 76.6 cm³/mol. The molecule has 0 aromatic heterocycles. The molecule has 108 valence electrons. The van der Waals surface area contributed by atoms with Crippen LogP contribution in [-0.2, 0) is 14.3 Å². The summed E-state index contributed by atoms with van der Waals surface area (Å²) in [5.41, 5.74) is 0.569. The van der Waals surface area contributed by atoms with Crippen LogP contribution in [0.1, 0.15) is 0 Å². The van der Waals surface area contributed by atoms with E-state index >= 15 is 0 Å². The van der Waals surface area contributed by atoms with Crippen LogP contribution in [0.4, 0.5) is 0 Å². The van der Waals surface area contributed by atoms with Crippen LogP contribution < -0.4 is 0 Å². The van der Waals surface area contributed by atoms with Crippen molar-refractivity contribution in [2.45, 2.75) is 37.4 Å². The van der Waals surface area contributed by atoms with Gasteiger partial charge in [0.2, 0.25) is 11.8 Å². The summed E-state index contributed by atoms with van der Waals surface area (Å²) < 4.78 is 5.77. The first-order chi connectivity index (χ1) is 9.38. The summed E-state index contributed by atoms with van der Waals surface area (Å²) in [5.74, 6) is 0.455. The number of hydrogen-bond donors (Lipinski definition) is 0. The lowest BCUT2D eigenvalue weighted by Gasteiger charge is -2.33. The molecule has 0 spiro atoms. The summed E-state index contributed by atoms with van der Waals surface area (Å²) in [4.78, 5) is 26.7. The summed E-state index contributed by atoms with van der Waals surface area (Å²) in [6.07, 6.45) is 2.17. The Morgan fingerprint density at radius 2 is 1.65 bits per heavy atom. The summed E-state index contributed by atoms with van der Waals surface area (Å²) in [5, 5.41) is 0. The van der Waals surface area contributed by atoms with E-state index in [4.69, 9.17) is 4.74 Å². The molecule has 2 amide bonds. The standard InChI is InChI=1S/C15H21NO3Si/c1-5-6-16-14(17)7-8(15(16)18)10-12-11(19-12)9(7)13(10)20(2,3)4/h5,7-13H,1,6H2,2-4H3. The molecular formula is C15H21NO3Si. The smallest absolute Gasteiger partial charge is 0.233 e. The van der Waals surface area contributed by atoms with Crippen LogP contribution in [0.5, 0.6) is 0 Å². The number of nitrogens with zero attached hydrogens (tertiary/aromatic N) is 1. The second-order valence-electron chi connectivity index (χ2n) is 7.74. The number of hydrogen-bond acceptors (Lipinski definition) is 3. The highest BCUT2D eigenvalue weighted by Gasteiger charge is 2.78. The van der Waals surface area contributed by atoms with Crippen LogP contribution in [0.3, 0.4) is 0 Å². The van der Waals surface area contributed by atoms with Gasteiger partial charge in [-0.25, -0.2) is 0 Å². The number of carbonyl (C=O) groups is 2. The monoisotopic (exact) mass is 291 g/mol. The highest BCUT2D eigenvalue weighted by molar-refractivity contribution is 6.78. The van der Waals surface area contributed by atoms with E-state index in [-0.39, 0.29) is 35.9 Å². The first kappa shape index (κ1) is 12.8. The average Bonchev–Trinajstić information content (AvgIpc) is 2.92. The van der Waals surface area contributed by atoms with Gasteiger partial charge in [-0.3, -0.25) is 14.5 Å². The van der Waals surface area contributed by atoms with Crippen LogP contribution in [0.15, 0.2) is 12.7 Å². The fraction of sp³-hybridized carbons (Fsp3) is 0.733. The second kappa shape index (κ2) is 3.63. The minimum absolute atomic E-state index is 0.0320. The molecule has 2 saturated heterocycles. The van der Waals surface area contributed by atoms with Crippen molar-refractivity contribution in [3.05, 3.63) is 12.7 Å². The molecule has 0 aromatic rings. The molecular weight excluding hydrogens is 270 g/mol. The predicted octanol–water partition coefficient (Wildman–Crippen LogP) is 1.51. The number of fused-ring (bicyclic) bond motifs is 8. The number of ether oxygens (including phenoxy) is 1. The molecule has 6 unspecified atom stereocenters. The number of carbonyl (C=O) groups excluding carboxylic acids is 2. The van der Waals surface area contributed by atoms with Crippen LogP contribution >= 0.6 is 0 Å². The van der Waals surface area contributed by atoms with Gasteiger partial charge in [-0.05, 0) is 5.54 Å². The van der Waals surface area contributed by atoms with Gasteiger partial charge in [0.25, 0.3) is 0 Å². The second-order valence-corrected chi connectivity index (χ2v) is 13.1. The molecule has 2 aliphatic carbocycles. The molecule has 2 saturated carbocycles. The van der Waals surface area contributed by atoms with E-state index in [9.17, 15) is 9.59 Å². The van der Waals surface area contributed by atoms with Gasteiger partial charge >= 0.3 is 0 Å². The SMILES string of the molecule is C=CCN1C(=O)C2C(C1=O)C1C3OC3C2C1[Si](C)(C)C. The Hall–Kier alpha value is -0.943. The van der Waals surface area contributed by atoms with Gasteiger partial charge in [0.1, 0.15) is 0 Å². The Kier molecular flexibility index (Phi) is 2.32. The molecule has 4 fully saturated rings. The van der Waals surface area contributed by atoms with E-state index < -0.39 is 8.07 Å². The highest BCUT2D eigenvalue weighted by Crippen LogP contribution is 2.71. The summed E-state index contributed by atoms with van der Waals surface area (Å²) in [7, 11) is -1.39. The van der Waals surface area contributed by atoms with Crippen molar-refractivity contribution < 1.29 is 14.3 Å². The quantitative estimate of drug-likeness (QED) is 0.343. The molecule has 4 rings (SSSR count). The van der Waals surface area contributed by atoms with Crippen molar-refractivity contribution in [1.82, 2.24) is 4.90 Å². The molecule has 20 heavy (non-hydrogen) atoms. The van der Waals surface area contributed by atoms with E-state index in [2.05, 4.69) is 26.2 Å². The van der Waals surface area contributed by atoms with Gasteiger partial charge in [-0.1, -0.05) is 25.7 Å². The summed E-state index contributed by atoms with van der Waals surface area (Å²) >= 11 is 0. The third kappa shape index (κ3) is 1.30. The topological polar surface area (TPSA) is 49.9 Å². The summed E-state index contributed by atoms with van der Waals surface area (Å²) in [6, 6.07) is 0. The average molecular weight is 291 g/mol. The van der Waals surface area contributed by atoms with E-state index in [1.807, 2.05) is 0 Å². The minimum Gasteiger partial charge on any atom is -0.369 e. The fourth-order valence-corrected chi connectivity index (χ4v) is 8.43. The maximum absolute atomic E-state index is 12.6. The first-order valence-corrected chi connectivity index (χ1v) is 11.1. The lowest BCUT2D eigenvalue weighted by atomic mass is 9.81. The van der Waals surface area contributed by atoms with E-state index in [1.165, 1.54) is 4.90 Å². The number of imide groups is 1. The number of amides is 2.